The van der Waals surface area contributed by atoms with Gasteiger partial charge in [0.2, 0.25) is 5.91 Å². The van der Waals surface area contributed by atoms with Crippen molar-refractivity contribution < 1.29 is 4.79 Å². The molecular weight excluding hydrogens is 318 g/mol. The predicted molar refractivity (Wildman–Crippen MR) is 89.4 cm³/mol. The van der Waals surface area contributed by atoms with Crippen molar-refractivity contribution in [2.75, 3.05) is 11.1 Å². The quantitative estimate of drug-likeness (QED) is 0.727. The van der Waals surface area contributed by atoms with Crippen LogP contribution in [0.1, 0.15) is 12.7 Å². The normalized spacial score (nSPS) is 11.0. The number of thiazole rings is 1. The zero-order chi connectivity index (χ0) is 15.5. The Kier molecular flexibility index (Phi) is 4.39. The Hall–Kier alpha value is -1.93. The molecule has 0 saturated carbocycles. The zero-order valence-electron chi connectivity index (χ0n) is 12.2. The monoisotopic (exact) mass is 333 g/mol. The molecule has 0 unspecified atom stereocenters. The Morgan fingerprint density at radius 1 is 1.36 bits per heavy atom. The van der Waals surface area contributed by atoms with Crippen LogP contribution in [0.15, 0.2) is 29.4 Å². The second-order valence-corrected chi connectivity index (χ2v) is 6.57. The number of nitrogens with one attached hydrogen (secondary N) is 1. The van der Waals surface area contributed by atoms with Crippen molar-refractivity contribution in [1.82, 2.24) is 19.7 Å². The Balaban J connectivity index is 1.62. The highest BCUT2D eigenvalue weighted by molar-refractivity contribution is 7.99. The highest BCUT2D eigenvalue weighted by Gasteiger charge is 2.12. The van der Waals surface area contributed by atoms with E-state index in [0.717, 1.165) is 27.7 Å². The first-order valence-electron chi connectivity index (χ1n) is 6.85. The third kappa shape index (κ3) is 3.12. The van der Waals surface area contributed by atoms with Crippen LogP contribution in [0.5, 0.6) is 0 Å². The molecule has 1 amide bonds. The summed E-state index contributed by atoms with van der Waals surface area (Å²) in [7, 11) is 0. The van der Waals surface area contributed by atoms with Gasteiger partial charge in [0, 0.05) is 6.54 Å². The number of anilines is 1. The summed E-state index contributed by atoms with van der Waals surface area (Å²) in [6, 6.07) is 7.82. The number of aryl methyl sites for hydroxylation is 1. The van der Waals surface area contributed by atoms with Gasteiger partial charge in [0.05, 0.1) is 16.0 Å². The molecule has 0 fully saturated rings. The molecule has 0 aliphatic carbocycles. The molecule has 2 aromatic heterocycles. The lowest BCUT2D eigenvalue weighted by Crippen LogP contribution is -2.14. The highest BCUT2D eigenvalue weighted by atomic mass is 32.2. The van der Waals surface area contributed by atoms with E-state index in [1.807, 2.05) is 42.7 Å². The maximum Gasteiger partial charge on any atom is 0.236 e. The Labute approximate surface area is 136 Å². The molecule has 6 nitrogen and oxygen atoms in total. The van der Waals surface area contributed by atoms with Crippen LogP contribution in [0.25, 0.3) is 10.2 Å². The molecule has 1 N–H and O–H groups in total. The number of amides is 1. The molecule has 3 rings (SSSR count). The molecule has 0 aliphatic rings. The minimum Gasteiger partial charge on any atom is -0.307 e. The largest absolute Gasteiger partial charge is 0.307 e. The number of hydrogen-bond acceptors (Lipinski definition) is 6. The summed E-state index contributed by atoms with van der Waals surface area (Å²) in [5.74, 6) is 1.05. The SMILES string of the molecule is CCn1c(C)nnc1SCC(=O)Nc1nc2ccccc2s1. The number of thioether (sulfide) groups is 1. The summed E-state index contributed by atoms with van der Waals surface area (Å²) in [5, 5.41) is 12.3. The molecule has 114 valence electrons. The van der Waals surface area contributed by atoms with Crippen molar-refractivity contribution in [1.29, 1.82) is 0 Å². The van der Waals surface area contributed by atoms with Crippen LogP contribution in [0.3, 0.4) is 0 Å². The first-order valence-corrected chi connectivity index (χ1v) is 8.65. The molecule has 0 spiro atoms. The molecule has 1 aromatic carbocycles. The summed E-state index contributed by atoms with van der Waals surface area (Å²) in [4.78, 5) is 16.4. The summed E-state index contributed by atoms with van der Waals surface area (Å²) in [5.41, 5.74) is 0.900. The van der Waals surface area contributed by atoms with Crippen molar-refractivity contribution in [2.45, 2.75) is 25.5 Å². The first-order chi connectivity index (χ1) is 10.7. The van der Waals surface area contributed by atoms with Crippen molar-refractivity contribution in [3.63, 3.8) is 0 Å². The third-order valence-electron chi connectivity index (χ3n) is 3.09. The topological polar surface area (TPSA) is 72.7 Å². The van der Waals surface area contributed by atoms with Crippen LogP contribution in [-0.4, -0.2) is 31.4 Å². The van der Waals surface area contributed by atoms with Crippen LogP contribution in [0.4, 0.5) is 5.13 Å². The lowest BCUT2D eigenvalue weighted by molar-refractivity contribution is -0.113. The van der Waals surface area contributed by atoms with Crippen LogP contribution in [0, 0.1) is 6.92 Å². The van der Waals surface area contributed by atoms with Crippen LogP contribution >= 0.6 is 23.1 Å². The van der Waals surface area contributed by atoms with E-state index in [2.05, 4.69) is 20.5 Å². The standard InChI is InChI=1S/C14H15N5OS2/c1-3-19-9(2)17-18-14(19)21-8-12(20)16-13-15-10-6-4-5-7-11(10)22-13/h4-7H,3,8H2,1-2H3,(H,15,16,20). The van der Waals surface area contributed by atoms with Crippen molar-refractivity contribution in [3.8, 4) is 0 Å². The Bertz CT molecular complexity index is 778. The van der Waals surface area contributed by atoms with E-state index in [1.54, 1.807) is 0 Å². The Morgan fingerprint density at radius 2 is 2.18 bits per heavy atom. The first kappa shape index (κ1) is 15.0. The molecule has 0 saturated heterocycles. The molecule has 0 radical (unpaired) electrons. The van der Waals surface area contributed by atoms with Crippen molar-refractivity contribution in [2.24, 2.45) is 0 Å². The fourth-order valence-corrected chi connectivity index (χ4v) is 3.77. The van der Waals surface area contributed by atoms with E-state index in [-0.39, 0.29) is 11.7 Å². The number of hydrogen-bond donors (Lipinski definition) is 1. The maximum atomic E-state index is 12.0. The molecule has 0 aliphatic heterocycles. The van der Waals surface area contributed by atoms with E-state index < -0.39 is 0 Å². The summed E-state index contributed by atoms with van der Waals surface area (Å²) < 4.78 is 3.04. The van der Waals surface area contributed by atoms with Crippen LogP contribution in [-0.2, 0) is 11.3 Å². The van der Waals surface area contributed by atoms with Gasteiger partial charge in [-0.2, -0.15) is 0 Å². The number of para-hydroxylation sites is 1. The van der Waals surface area contributed by atoms with E-state index in [4.69, 9.17) is 0 Å². The minimum atomic E-state index is -0.0904. The number of aromatic nitrogens is 4. The summed E-state index contributed by atoms with van der Waals surface area (Å²) in [6.07, 6.45) is 0. The van der Waals surface area contributed by atoms with Gasteiger partial charge in [0.15, 0.2) is 10.3 Å². The maximum absolute atomic E-state index is 12.0. The van der Waals surface area contributed by atoms with Crippen LogP contribution < -0.4 is 5.32 Å². The molecule has 3 aromatic rings. The number of carbonyl (C=O) groups excluding carboxylic acids is 1. The molecule has 0 bridgehead atoms. The predicted octanol–water partition coefficient (Wildman–Crippen LogP) is 2.95. The molecule has 2 heterocycles. The number of benzene rings is 1. The lowest BCUT2D eigenvalue weighted by Gasteiger charge is -2.04. The second-order valence-electron chi connectivity index (χ2n) is 4.60. The van der Waals surface area contributed by atoms with Gasteiger partial charge in [0.25, 0.3) is 0 Å². The number of nitrogens with zero attached hydrogens (tertiary/aromatic N) is 4. The third-order valence-corrected chi connectivity index (χ3v) is 5.01. The highest BCUT2D eigenvalue weighted by Crippen LogP contribution is 2.25. The van der Waals surface area contributed by atoms with Crippen molar-refractivity contribution in [3.05, 3.63) is 30.1 Å². The van der Waals surface area contributed by atoms with E-state index in [9.17, 15) is 4.79 Å². The van der Waals surface area contributed by atoms with Gasteiger partial charge in [-0.25, -0.2) is 4.98 Å². The summed E-state index contributed by atoms with van der Waals surface area (Å²) >= 11 is 2.85. The number of carbonyl (C=O) groups is 1. The van der Waals surface area contributed by atoms with Gasteiger partial charge in [-0.15, -0.1) is 10.2 Å². The average Bonchev–Trinajstić information content (AvgIpc) is 3.07. The lowest BCUT2D eigenvalue weighted by atomic mass is 10.3. The number of fused-ring (bicyclic) bond motifs is 1. The smallest absolute Gasteiger partial charge is 0.236 e. The average molecular weight is 333 g/mol. The molecule has 0 atom stereocenters. The fourth-order valence-electron chi connectivity index (χ4n) is 2.04. The number of rotatable bonds is 5. The minimum absolute atomic E-state index is 0.0904. The molecule has 8 heteroatoms. The molecule has 22 heavy (non-hydrogen) atoms. The van der Waals surface area contributed by atoms with E-state index in [1.165, 1.54) is 23.1 Å². The van der Waals surface area contributed by atoms with Gasteiger partial charge < -0.3 is 9.88 Å². The van der Waals surface area contributed by atoms with Gasteiger partial charge in [-0.3, -0.25) is 4.79 Å². The molecular formula is C14H15N5OS2. The van der Waals surface area contributed by atoms with Gasteiger partial charge in [-0.05, 0) is 26.0 Å². The summed E-state index contributed by atoms with van der Waals surface area (Å²) in [6.45, 7) is 4.73. The van der Waals surface area contributed by atoms with Crippen LogP contribution in [0.2, 0.25) is 0 Å². The zero-order valence-corrected chi connectivity index (χ0v) is 13.9. The van der Waals surface area contributed by atoms with Gasteiger partial charge >= 0.3 is 0 Å². The Morgan fingerprint density at radius 3 is 2.95 bits per heavy atom. The second kappa shape index (κ2) is 6.45. The van der Waals surface area contributed by atoms with E-state index >= 15 is 0 Å². The van der Waals surface area contributed by atoms with Gasteiger partial charge in [-0.1, -0.05) is 35.2 Å². The fraction of sp³-hybridized carbons (Fsp3) is 0.286. The van der Waals surface area contributed by atoms with Gasteiger partial charge in [0.1, 0.15) is 5.82 Å². The van der Waals surface area contributed by atoms with E-state index in [0.29, 0.717) is 5.13 Å². The van der Waals surface area contributed by atoms with Crippen molar-refractivity contribution >= 4 is 44.4 Å².